The zero-order chi connectivity index (χ0) is 29.7. The van der Waals surface area contributed by atoms with Crippen LogP contribution in [0.3, 0.4) is 0 Å². The Morgan fingerprint density at radius 3 is 1.81 bits per heavy atom. The smallest absolute Gasteiger partial charge is 0.322 e. The molecule has 5 rings (SSSR count). The number of sulfonamides is 1. The van der Waals surface area contributed by atoms with E-state index in [-0.39, 0.29) is 29.2 Å². The first-order valence-corrected chi connectivity index (χ1v) is 14.8. The third-order valence-corrected chi connectivity index (χ3v) is 8.93. The number of fused-ring (bicyclic) bond motifs is 1. The molecule has 0 saturated carbocycles. The van der Waals surface area contributed by atoms with Crippen molar-refractivity contribution in [3.8, 4) is 0 Å². The van der Waals surface area contributed by atoms with Gasteiger partial charge in [0.25, 0.3) is 0 Å². The molecule has 42 heavy (non-hydrogen) atoms. The summed E-state index contributed by atoms with van der Waals surface area (Å²) >= 11 is 0. The maximum atomic E-state index is 14.0. The summed E-state index contributed by atoms with van der Waals surface area (Å²) in [4.78, 5) is 40.7. The highest BCUT2D eigenvalue weighted by Gasteiger charge is 2.50. The number of rotatable bonds is 9. The van der Waals surface area contributed by atoms with Crippen molar-refractivity contribution in [2.45, 2.75) is 31.1 Å². The average molecular weight is 584 g/mol. The summed E-state index contributed by atoms with van der Waals surface area (Å²) in [5.41, 5.74) is 2.67. The summed E-state index contributed by atoms with van der Waals surface area (Å²) in [6, 6.07) is 29.0. The van der Waals surface area contributed by atoms with E-state index < -0.39 is 46.2 Å². The van der Waals surface area contributed by atoms with E-state index in [1.807, 2.05) is 19.1 Å². The molecule has 1 unspecified atom stereocenters. The van der Waals surface area contributed by atoms with Crippen LogP contribution in [0.2, 0.25) is 0 Å². The van der Waals surface area contributed by atoms with Crippen molar-refractivity contribution in [3.63, 3.8) is 0 Å². The minimum Gasteiger partial charge on any atom is -0.460 e. The Bertz CT molecular complexity index is 1630. The molecule has 1 aliphatic rings. The summed E-state index contributed by atoms with van der Waals surface area (Å²) in [5.74, 6) is -4.09. The molecule has 0 bridgehead atoms. The number of benzene rings is 4. The standard InChI is InChI=1S/C33H29NO7S/c1-23-16-18-26(19-17-23)42(38,39)34-20-29(35)27-14-8-9-15-28(27)31(34)30(32(36)40-21-24-10-4-2-5-11-24)33(37)41-22-25-12-6-3-7-13-25/h2-19,30-31H,20-22H2,1H3. The number of esters is 2. The van der Waals surface area contributed by atoms with Gasteiger partial charge in [-0.05, 0) is 35.7 Å². The summed E-state index contributed by atoms with van der Waals surface area (Å²) < 4.78 is 40.2. The van der Waals surface area contributed by atoms with E-state index in [2.05, 4.69) is 0 Å². The van der Waals surface area contributed by atoms with Crippen molar-refractivity contribution in [3.05, 3.63) is 137 Å². The van der Waals surface area contributed by atoms with Gasteiger partial charge in [-0.2, -0.15) is 4.31 Å². The Morgan fingerprint density at radius 1 is 0.762 bits per heavy atom. The first-order chi connectivity index (χ1) is 20.3. The van der Waals surface area contributed by atoms with Crippen LogP contribution in [-0.2, 0) is 42.3 Å². The van der Waals surface area contributed by atoms with E-state index in [1.165, 1.54) is 12.1 Å². The molecule has 8 nitrogen and oxygen atoms in total. The zero-order valence-electron chi connectivity index (χ0n) is 22.9. The zero-order valence-corrected chi connectivity index (χ0v) is 23.7. The molecule has 1 aliphatic heterocycles. The van der Waals surface area contributed by atoms with Crippen molar-refractivity contribution >= 4 is 27.7 Å². The molecule has 0 aromatic heterocycles. The molecule has 0 fully saturated rings. The van der Waals surface area contributed by atoms with Crippen molar-refractivity contribution in [2.24, 2.45) is 5.92 Å². The maximum Gasteiger partial charge on any atom is 0.322 e. The second-order valence-corrected chi connectivity index (χ2v) is 11.9. The van der Waals surface area contributed by atoms with Crippen molar-refractivity contribution < 1.29 is 32.3 Å². The fourth-order valence-corrected chi connectivity index (χ4v) is 6.48. The SMILES string of the molecule is Cc1ccc(S(=O)(=O)N2CC(=O)c3ccccc3C2C(C(=O)OCc2ccccc2)C(=O)OCc2ccccc2)cc1. The number of ketones is 1. The number of ether oxygens (including phenoxy) is 2. The fourth-order valence-electron chi connectivity index (χ4n) is 4.91. The quantitative estimate of drug-likeness (QED) is 0.201. The van der Waals surface area contributed by atoms with Crippen molar-refractivity contribution in [1.82, 2.24) is 4.31 Å². The van der Waals surface area contributed by atoms with Gasteiger partial charge in [0.2, 0.25) is 10.0 Å². The molecular weight excluding hydrogens is 554 g/mol. The normalized spacial score (nSPS) is 15.2. The topological polar surface area (TPSA) is 107 Å². The van der Waals surface area contributed by atoms with E-state index in [9.17, 15) is 22.8 Å². The molecule has 1 heterocycles. The summed E-state index contributed by atoms with van der Waals surface area (Å²) in [6.07, 6.45) is 0. The highest BCUT2D eigenvalue weighted by Crippen LogP contribution is 2.40. The van der Waals surface area contributed by atoms with Gasteiger partial charge >= 0.3 is 11.9 Å². The number of carbonyl (C=O) groups excluding carboxylic acids is 3. The highest BCUT2D eigenvalue weighted by atomic mass is 32.2. The fraction of sp³-hybridized carbons (Fsp3) is 0.182. The first kappa shape index (κ1) is 28.9. The first-order valence-electron chi connectivity index (χ1n) is 13.4. The average Bonchev–Trinajstić information content (AvgIpc) is 3.01. The Hall–Kier alpha value is -4.60. The molecule has 0 radical (unpaired) electrons. The Balaban J connectivity index is 1.58. The lowest BCUT2D eigenvalue weighted by molar-refractivity contribution is -0.166. The van der Waals surface area contributed by atoms with Gasteiger partial charge in [0, 0.05) is 5.56 Å². The van der Waals surface area contributed by atoms with Crippen LogP contribution in [0.4, 0.5) is 0 Å². The Labute approximate surface area is 244 Å². The predicted octanol–water partition coefficient (Wildman–Crippen LogP) is 5.03. The molecule has 1 atom stereocenters. The Morgan fingerprint density at radius 2 is 1.26 bits per heavy atom. The van der Waals surface area contributed by atoms with Gasteiger partial charge in [-0.3, -0.25) is 14.4 Å². The minimum atomic E-state index is -4.35. The van der Waals surface area contributed by atoms with Gasteiger partial charge in [0.05, 0.1) is 17.5 Å². The van der Waals surface area contributed by atoms with Gasteiger partial charge in [0.1, 0.15) is 13.2 Å². The lowest BCUT2D eigenvalue weighted by Gasteiger charge is -2.38. The largest absolute Gasteiger partial charge is 0.460 e. The van der Waals surface area contributed by atoms with Crippen LogP contribution < -0.4 is 0 Å². The summed E-state index contributed by atoms with van der Waals surface area (Å²) in [5, 5.41) is 0. The molecule has 0 amide bonds. The highest BCUT2D eigenvalue weighted by molar-refractivity contribution is 7.89. The third kappa shape index (κ3) is 6.17. The van der Waals surface area contributed by atoms with Crippen LogP contribution in [-0.4, -0.2) is 37.0 Å². The molecule has 214 valence electrons. The summed E-state index contributed by atoms with van der Waals surface area (Å²) in [6.45, 7) is 0.980. The number of aryl methyl sites for hydroxylation is 1. The van der Waals surface area contributed by atoms with Crippen LogP contribution in [0.25, 0.3) is 0 Å². The molecule has 4 aromatic carbocycles. The lowest BCUT2D eigenvalue weighted by Crippen LogP contribution is -2.49. The molecule has 4 aromatic rings. The van der Waals surface area contributed by atoms with E-state index in [0.29, 0.717) is 11.1 Å². The van der Waals surface area contributed by atoms with Crippen LogP contribution in [0.1, 0.15) is 38.7 Å². The second-order valence-electron chi connectivity index (χ2n) is 9.98. The number of Topliss-reactive ketones (excluding diaryl/α,β-unsaturated/α-hetero) is 1. The van der Waals surface area contributed by atoms with Gasteiger partial charge in [0.15, 0.2) is 11.7 Å². The number of hydrogen-bond acceptors (Lipinski definition) is 7. The van der Waals surface area contributed by atoms with E-state index >= 15 is 0 Å². The Kier molecular flexibility index (Phi) is 8.61. The molecule has 0 aliphatic carbocycles. The lowest BCUT2D eigenvalue weighted by atomic mass is 9.85. The van der Waals surface area contributed by atoms with Gasteiger partial charge < -0.3 is 9.47 Å². The summed E-state index contributed by atoms with van der Waals surface area (Å²) in [7, 11) is -4.35. The molecular formula is C33H29NO7S. The van der Waals surface area contributed by atoms with Crippen molar-refractivity contribution in [2.75, 3.05) is 6.54 Å². The van der Waals surface area contributed by atoms with Crippen LogP contribution in [0, 0.1) is 12.8 Å². The van der Waals surface area contributed by atoms with Gasteiger partial charge in [-0.25, -0.2) is 8.42 Å². The second kappa shape index (κ2) is 12.5. The minimum absolute atomic E-state index is 0.0701. The monoisotopic (exact) mass is 583 g/mol. The van der Waals surface area contributed by atoms with E-state index in [0.717, 1.165) is 9.87 Å². The van der Waals surface area contributed by atoms with Crippen LogP contribution in [0.15, 0.2) is 114 Å². The number of nitrogens with zero attached hydrogens (tertiary/aromatic N) is 1. The van der Waals surface area contributed by atoms with Gasteiger partial charge in [-0.15, -0.1) is 0 Å². The molecule has 0 N–H and O–H groups in total. The van der Waals surface area contributed by atoms with E-state index in [4.69, 9.17) is 9.47 Å². The van der Waals surface area contributed by atoms with Crippen LogP contribution >= 0.6 is 0 Å². The third-order valence-electron chi connectivity index (χ3n) is 7.09. The maximum absolute atomic E-state index is 14.0. The van der Waals surface area contributed by atoms with E-state index in [1.54, 1.807) is 84.9 Å². The van der Waals surface area contributed by atoms with Crippen molar-refractivity contribution in [1.29, 1.82) is 0 Å². The number of hydrogen-bond donors (Lipinski definition) is 0. The number of carbonyl (C=O) groups is 3. The predicted molar refractivity (Wildman–Crippen MR) is 155 cm³/mol. The molecule has 0 spiro atoms. The van der Waals surface area contributed by atoms with Crippen LogP contribution in [0.5, 0.6) is 0 Å². The molecule has 9 heteroatoms. The molecule has 0 saturated heterocycles. The van der Waals surface area contributed by atoms with Gasteiger partial charge in [-0.1, -0.05) is 103 Å².